The number of nitrogens with one attached hydrogen (secondary N) is 1. The number of hydrogen-bond donors (Lipinski definition) is 2. The predicted octanol–water partition coefficient (Wildman–Crippen LogP) is 2.58. The predicted molar refractivity (Wildman–Crippen MR) is 94.8 cm³/mol. The summed E-state index contributed by atoms with van der Waals surface area (Å²) in [5, 5.41) is 13.3. The molecule has 2 bridgehead atoms. The van der Waals surface area contributed by atoms with E-state index in [2.05, 4.69) is 15.2 Å². The molecule has 5 heteroatoms. The molecule has 132 valence electrons. The fraction of sp³-hybridized carbons (Fsp3) is 0.684. The molecule has 0 aliphatic carbocycles. The largest absolute Gasteiger partial charge is 0.386 e. The van der Waals surface area contributed by atoms with E-state index in [4.69, 9.17) is 0 Å². The van der Waals surface area contributed by atoms with E-state index in [1.54, 1.807) is 20.0 Å². The van der Waals surface area contributed by atoms with Gasteiger partial charge in [-0.2, -0.15) is 0 Å². The Labute approximate surface area is 144 Å². The van der Waals surface area contributed by atoms with Crippen LogP contribution in [0, 0.1) is 5.92 Å². The first-order chi connectivity index (χ1) is 11.3. The molecule has 2 saturated heterocycles. The highest BCUT2D eigenvalue weighted by Gasteiger charge is 2.41. The van der Waals surface area contributed by atoms with E-state index in [-0.39, 0.29) is 17.9 Å². The zero-order valence-corrected chi connectivity index (χ0v) is 15.1. The fourth-order valence-corrected chi connectivity index (χ4v) is 3.94. The van der Waals surface area contributed by atoms with Crippen LogP contribution >= 0.6 is 0 Å². The Bertz CT molecular complexity index is 578. The van der Waals surface area contributed by atoms with Gasteiger partial charge in [-0.3, -0.25) is 4.79 Å². The van der Waals surface area contributed by atoms with Gasteiger partial charge in [0.05, 0.1) is 5.60 Å². The smallest absolute Gasteiger partial charge is 0.222 e. The Balaban J connectivity index is 1.70. The number of hydrogen-bond acceptors (Lipinski definition) is 4. The summed E-state index contributed by atoms with van der Waals surface area (Å²) < 4.78 is 0. The average molecular weight is 331 g/mol. The van der Waals surface area contributed by atoms with Crippen molar-refractivity contribution in [1.29, 1.82) is 0 Å². The molecule has 0 saturated carbocycles. The zero-order valence-electron chi connectivity index (χ0n) is 15.1. The third-order valence-corrected chi connectivity index (χ3v) is 5.32. The number of piperidine rings is 1. The van der Waals surface area contributed by atoms with E-state index >= 15 is 0 Å². The molecule has 2 unspecified atom stereocenters. The van der Waals surface area contributed by atoms with Crippen molar-refractivity contribution >= 4 is 11.7 Å². The van der Waals surface area contributed by atoms with Crippen molar-refractivity contribution in [1.82, 2.24) is 10.3 Å². The molecule has 2 N–H and O–H groups in total. The number of fused-ring (bicyclic) bond motifs is 2. The molecule has 2 aliphatic rings. The van der Waals surface area contributed by atoms with Crippen LogP contribution in [0.25, 0.3) is 0 Å². The Hall–Kier alpha value is -1.62. The van der Waals surface area contributed by atoms with E-state index in [0.29, 0.717) is 12.1 Å². The van der Waals surface area contributed by atoms with Gasteiger partial charge in [-0.05, 0) is 45.6 Å². The highest BCUT2D eigenvalue weighted by Crippen LogP contribution is 2.38. The second kappa shape index (κ2) is 6.36. The lowest BCUT2D eigenvalue weighted by Crippen LogP contribution is -2.51. The highest BCUT2D eigenvalue weighted by molar-refractivity contribution is 5.78. The second-order valence-electron chi connectivity index (χ2n) is 8.09. The molecular weight excluding hydrogens is 302 g/mol. The van der Waals surface area contributed by atoms with E-state index in [0.717, 1.165) is 37.1 Å². The molecule has 1 aromatic rings. The van der Waals surface area contributed by atoms with Gasteiger partial charge in [0.25, 0.3) is 0 Å². The SMILES string of the molecule is CC(C)C(=O)NC1CC2CCC(C1)N2c1ccc(C(C)(C)O)cn1. The molecule has 0 radical (unpaired) electrons. The van der Waals surface area contributed by atoms with Gasteiger partial charge < -0.3 is 15.3 Å². The third kappa shape index (κ3) is 3.41. The minimum absolute atomic E-state index is 0.0386. The van der Waals surface area contributed by atoms with Crippen molar-refractivity contribution in [3.8, 4) is 0 Å². The molecule has 2 fully saturated rings. The zero-order chi connectivity index (χ0) is 17.5. The van der Waals surface area contributed by atoms with Crippen molar-refractivity contribution in [2.45, 2.75) is 77.1 Å². The number of pyridine rings is 1. The number of aromatic nitrogens is 1. The topological polar surface area (TPSA) is 65.5 Å². The van der Waals surface area contributed by atoms with Crippen LogP contribution in [0.15, 0.2) is 18.3 Å². The van der Waals surface area contributed by atoms with Gasteiger partial charge in [-0.1, -0.05) is 19.9 Å². The van der Waals surface area contributed by atoms with Gasteiger partial charge >= 0.3 is 0 Å². The number of rotatable bonds is 4. The normalized spacial score (nSPS) is 26.8. The van der Waals surface area contributed by atoms with Crippen molar-refractivity contribution in [2.24, 2.45) is 5.92 Å². The van der Waals surface area contributed by atoms with Gasteiger partial charge in [0, 0.05) is 35.8 Å². The quantitative estimate of drug-likeness (QED) is 0.890. The van der Waals surface area contributed by atoms with E-state index in [1.165, 1.54) is 0 Å². The maximum atomic E-state index is 12.0. The van der Waals surface area contributed by atoms with Gasteiger partial charge in [0.15, 0.2) is 0 Å². The summed E-state index contributed by atoms with van der Waals surface area (Å²) >= 11 is 0. The summed E-state index contributed by atoms with van der Waals surface area (Å²) in [5.74, 6) is 1.18. The summed E-state index contributed by atoms with van der Waals surface area (Å²) in [7, 11) is 0. The van der Waals surface area contributed by atoms with Gasteiger partial charge in [-0.25, -0.2) is 4.98 Å². The number of amides is 1. The Kier molecular flexibility index (Phi) is 4.56. The van der Waals surface area contributed by atoms with Crippen molar-refractivity contribution in [3.63, 3.8) is 0 Å². The highest BCUT2D eigenvalue weighted by atomic mass is 16.3. The molecular formula is C19H29N3O2. The van der Waals surface area contributed by atoms with Crippen molar-refractivity contribution < 1.29 is 9.90 Å². The molecule has 3 rings (SSSR count). The van der Waals surface area contributed by atoms with Crippen LogP contribution in [0.4, 0.5) is 5.82 Å². The van der Waals surface area contributed by atoms with Crippen LogP contribution in [-0.2, 0) is 10.4 Å². The molecule has 5 nitrogen and oxygen atoms in total. The van der Waals surface area contributed by atoms with Crippen molar-refractivity contribution in [2.75, 3.05) is 4.90 Å². The third-order valence-electron chi connectivity index (χ3n) is 5.32. The van der Waals surface area contributed by atoms with Gasteiger partial charge in [-0.15, -0.1) is 0 Å². The summed E-state index contributed by atoms with van der Waals surface area (Å²) in [4.78, 5) is 19.0. The Morgan fingerprint density at radius 2 is 1.92 bits per heavy atom. The van der Waals surface area contributed by atoms with Crippen LogP contribution in [0.3, 0.4) is 0 Å². The van der Waals surface area contributed by atoms with Crippen LogP contribution in [0.5, 0.6) is 0 Å². The van der Waals surface area contributed by atoms with Gasteiger partial charge in [0.1, 0.15) is 5.82 Å². The Morgan fingerprint density at radius 3 is 2.38 bits per heavy atom. The molecule has 2 aliphatic heterocycles. The monoisotopic (exact) mass is 331 g/mol. The number of carbonyl (C=O) groups excluding carboxylic acids is 1. The lowest BCUT2D eigenvalue weighted by Gasteiger charge is -2.40. The minimum Gasteiger partial charge on any atom is -0.386 e. The van der Waals surface area contributed by atoms with Gasteiger partial charge in [0.2, 0.25) is 5.91 Å². The Morgan fingerprint density at radius 1 is 1.29 bits per heavy atom. The maximum absolute atomic E-state index is 12.0. The molecule has 1 aromatic heterocycles. The van der Waals surface area contributed by atoms with Crippen molar-refractivity contribution in [3.05, 3.63) is 23.9 Å². The standard InChI is InChI=1S/C19H29N3O2/c1-12(2)18(23)21-14-9-15-6-7-16(10-14)22(15)17-8-5-13(11-20-17)19(3,4)24/h5,8,11-12,14-16,24H,6-7,9-10H2,1-4H3,(H,21,23). The lowest BCUT2D eigenvalue weighted by atomic mass is 9.96. The molecule has 0 aromatic carbocycles. The van der Waals surface area contributed by atoms with Crippen LogP contribution in [0.1, 0.15) is 58.9 Å². The average Bonchev–Trinajstić information content (AvgIpc) is 2.77. The molecule has 3 heterocycles. The van der Waals surface area contributed by atoms with E-state index < -0.39 is 5.60 Å². The molecule has 2 atom stereocenters. The van der Waals surface area contributed by atoms with Crippen LogP contribution in [0.2, 0.25) is 0 Å². The number of nitrogens with zero attached hydrogens (tertiary/aromatic N) is 2. The lowest BCUT2D eigenvalue weighted by molar-refractivity contribution is -0.124. The minimum atomic E-state index is -0.862. The molecule has 24 heavy (non-hydrogen) atoms. The second-order valence-corrected chi connectivity index (χ2v) is 8.09. The first kappa shape index (κ1) is 17.2. The summed E-state index contributed by atoms with van der Waals surface area (Å²) in [5.41, 5.74) is -0.0313. The number of carbonyl (C=O) groups is 1. The molecule has 1 amide bonds. The number of aliphatic hydroxyl groups is 1. The summed E-state index contributed by atoms with van der Waals surface area (Å²) in [6, 6.07) is 5.16. The molecule has 0 spiro atoms. The first-order valence-electron chi connectivity index (χ1n) is 9.03. The fourth-order valence-electron chi connectivity index (χ4n) is 3.94. The van der Waals surface area contributed by atoms with Crippen LogP contribution < -0.4 is 10.2 Å². The maximum Gasteiger partial charge on any atom is 0.222 e. The van der Waals surface area contributed by atoms with E-state index in [9.17, 15) is 9.90 Å². The summed E-state index contributed by atoms with van der Waals surface area (Å²) in [6.07, 6.45) is 6.08. The summed E-state index contributed by atoms with van der Waals surface area (Å²) in [6.45, 7) is 7.42. The van der Waals surface area contributed by atoms with E-state index in [1.807, 2.05) is 26.0 Å². The first-order valence-corrected chi connectivity index (χ1v) is 9.03. The van der Waals surface area contributed by atoms with Crippen LogP contribution in [-0.4, -0.2) is 34.1 Å². The number of anilines is 1.